The number of benzene rings is 1. The highest BCUT2D eigenvalue weighted by atomic mass is 19.4. The van der Waals surface area contributed by atoms with E-state index in [9.17, 15) is 26.3 Å². The van der Waals surface area contributed by atoms with Gasteiger partial charge in [-0.15, -0.1) is 0 Å². The first kappa shape index (κ1) is 17.3. The maximum Gasteiger partial charge on any atom is 0.417 e. The van der Waals surface area contributed by atoms with E-state index in [0.717, 1.165) is 6.20 Å². The van der Waals surface area contributed by atoms with Crippen LogP contribution < -0.4 is 5.73 Å². The molecule has 0 spiro atoms. The zero-order chi connectivity index (χ0) is 17.6. The van der Waals surface area contributed by atoms with Crippen molar-refractivity contribution in [2.75, 3.05) is 0 Å². The van der Waals surface area contributed by atoms with Crippen molar-refractivity contribution < 1.29 is 26.3 Å². The fourth-order valence-electron chi connectivity index (χ4n) is 1.98. The van der Waals surface area contributed by atoms with Crippen molar-refractivity contribution >= 4 is 0 Å². The van der Waals surface area contributed by atoms with Crippen molar-refractivity contribution in [3.05, 3.63) is 41.3 Å². The van der Waals surface area contributed by atoms with Gasteiger partial charge in [0.05, 0.1) is 28.6 Å². The molecule has 0 radical (unpaired) electrons. The van der Waals surface area contributed by atoms with Crippen molar-refractivity contribution in [1.29, 1.82) is 0 Å². The highest BCUT2D eigenvalue weighted by Crippen LogP contribution is 2.40. The third-order valence-electron chi connectivity index (χ3n) is 3.13. The standard InChI is InChI=1S/C14H13F6N3/c1-12(2,21)11-22-6-10(23-11)8-5-7(13(15,16)17)3-4-9(8)14(18,19)20/h3-6H,21H2,1-2H3,(H,22,23). The smallest absolute Gasteiger partial charge is 0.340 e. The predicted molar refractivity (Wildman–Crippen MR) is 71.2 cm³/mol. The highest BCUT2D eigenvalue weighted by molar-refractivity contribution is 5.65. The summed E-state index contributed by atoms with van der Waals surface area (Å²) in [6.45, 7) is 3.12. The van der Waals surface area contributed by atoms with Crippen LogP contribution in [0.5, 0.6) is 0 Å². The van der Waals surface area contributed by atoms with Crippen LogP contribution in [0.4, 0.5) is 26.3 Å². The molecule has 0 unspecified atom stereocenters. The van der Waals surface area contributed by atoms with Crippen LogP contribution in [-0.4, -0.2) is 9.97 Å². The van der Waals surface area contributed by atoms with Crippen LogP contribution in [0.25, 0.3) is 11.3 Å². The van der Waals surface area contributed by atoms with Gasteiger partial charge in [-0.3, -0.25) is 0 Å². The Morgan fingerprint density at radius 3 is 2.04 bits per heavy atom. The SMILES string of the molecule is CC(C)(N)c1ncc(-c2cc(C(F)(F)F)ccc2C(F)(F)F)[nH]1. The van der Waals surface area contributed by atoms with Crippen molar-refractivity contribution in [3.63, 3.8) is 0 Å². The fourth-order valence-corrected chi connectivity index (χ4v) is 1.98. The number of hydrogen-bond acceptors (Lipinski definition) is 2. The van der Waals surface area contributed by atoms with Gasteiger partial charge in [0, 0.05) is 5.56 Å². The Morgan fingerprint density at radius 1 is 1.00 bits per heavy atom. The van der Waals surface area contributed by atoms with E-state index in [2.05, 4.69) is 9.97 Å². The Hall–Kier alpha value is -2.03. The van der Waals surface area contributed by atoms with Gasteiger partial charge in [-0.25, -0.2) is 4.98 Å². The second kappa shape index (κ2) is 5.26. The summed E-state index contributed by atoms with van der Waals surface area (Å²) < 4.78 is 77.5. The molecule has 126 valence electrons. The molecule has 3 N–H and O–H groups in total. The number of nitrogens with two attached hydrogens (primary N) is 1. The molecule has 3 nitrogen and oxygen atoms in total. The lowest BCUT2D eigenvalue weighted by molar-refractivity contribution is -0.141. The number of imidazole rings is 1. The van der Waals surface area contributed by atoms with E-state index in [4.69, 9.17) is 5.73 Å². The number of alkyl halides is 6. The summed E-state index contributed by atoms with van der Waals surface area (Å²) in [6, 6.07) is 1.26. The van der Waals surface area contributed by atoms with E-state index < -0.39 is 34.6 Å². The van der Waals surface area contributed by atoms with Gasteiger partial charge in [0.1, 0.15) is 5.82 Å². The molecule has 0 amide bonds. The molecule has 0 atom stereocenters. The second-order valence-electron chi connectivity index (χ2n) is 5.62. The molecule has 0 bridgehead atoms. The van der Waals surface area contributed by atoms with E-state index >= 15 is 0 Å². The number of aromatic nitrogens is 2. The Balaban J connectivity index is 2.65. The Bertz CT molecular complexity index is 707. The molecule has 2 rings (SSSR count). The molecule has 0 aliphatic heterocycles. The van der Waals surface area contributed by atoms with E-state index in [1.807, 2.05) is 0 Å². The number of rotatable bonds is 2. The van der Waals surface area contributed by atoms with Crippen molar-refractivity contribution in [3.8, 4) is 11.3 Å². The molecule has 1 heterocycles. The van der Waals surface area contributed by atoms with E-state index in [1.165, 1.54) is 0 Å². The summed E-state index contributed by atoms with van der Waals surface area (Å²) >= 11 is 0. The molecular formula is C14H13F6N3. The van der Waals surface area contributed by atoms with Crippen LogP contribution in [0.15, 0.2) is 24.4 Å². The number of H-pyrrole nitrogens is 1. The van der Waals surface area contributed by atoms with Crippen molar-refractivity contribution in [2.24, 2.45) is 5.73 Å². The molecule has 0 fully saturated rings. The lowest BCUT2D eigenvalue weighted by Gasteiger charge is -2.16. The maximum atomic E-state index is 13.1. The van der Waals surface area contributed by atoms with Crippen LogP contribution in [0.2, 0.25) is 0 Å². The molecule has 0 saturated carbocycles. The van der Waals surface area contributed by atoms with Gasteiger partial charge in [-0.05, 0) is 32.0 Å². The number of nitrogens with zero attached hydrogens (tertiary/aromatic N) is 1. The van der Waals surface area contributed by atoms with Gasteiger partial charge in [0.15, 0.2) is 0 Å². The van der Waals surface area contributed by atoms with Crippen LogP contribution >= 0.6 is 0 Å². The predicted octanol–water partition coefficient (Wildman–Crippen LogP) is 4.31. The first-order valence-corrected chi connectivity index (χ1v) is 6.43. The summed E-state index contributed by atoms with van der Waals surface area (Å²) in [5.41, 5.74) is 1.63. The van der Waals surface area contributed by atoms with Crippen LogP contribution in [-0.2, 0) is 17.9 Å². The molecule has 0 saturated heterocycles. The van der Waals surface area contributed by atoms with Crippen LogP contribution in [0.3, 0.4) is 0 Å². The first-order valence-electron chi connectivity index (χ1n) is 6.43. The number of hydrogen-bond donors (Lipinski definition) is 2. The summed E-state index contributed by atoms with van der Waals surface area (Å²) in [7, 11) is 0. The molecule has 1 aromatic carbocycles. The molecular weight excluding hydrogens is 324 g/mol. The summed E-state index contributed by atoms with van der Waals surface area (Å²) in [5.74, 6) is 0.165. The molecule has 1 aromatic heterocycles. The van der Waals surface area contributed by atoms with E-state index in [0.29, 0.717) is 18.2 Å². The molecule has 23 heavy (non-hydrogen) atoms. The third kappa shape index (κ3) is 3.66. The van der Waals surface area contributed by atoms with Gasteiger partial charge in [-0.1, -0.05) is 0 Å². The van der Waals surface area contributed by atoms with Crippen LogP contribution in [0, 0.1) is 0 Å². The lowest BCUT2D eigenvalue weighted by atomic mass is 10.0. The van der Waals surface area contributed by atoms with Gasteiger partial charge < -0.3 is 10.7 Å². The van der Waals surface area contributed by atoms with Gasteiger partial charge in [-0.2, -0.15) is 26.3 Å². The van der Waals surface area contributed by atoms with E-state index in [-0.39, 0.29) is 11.5 Å². The third-order valence-corrected chi connectivity index (χ3v) is 3.13. The first-order chi connectivity index (χ1) is 10.3. The fraction of sp³-hybridized carbons (Fsp3) is 0.357. The molecule has 9 heteroatoms. The normalized spacial score (nSPS) is 13.4. The number of aromatic amines is 1. The van der Waals surface area contributed by atoms with Crippen molar-refractivity contribution in [1.82, 2.24) is 9.97 Å². The average molecular weight is 337 g/mol. The number of halogens is 6. The zero-order valence-electron chi connectivity index (χ0n) is 12.1. The van der Waals surface area contributed by atoms with Crippen molar-refractivity contribution in [2.45, 2.75) is 31.7 Å². The monoisotopic (exact) mass is 337 g/mol. The van der Waals surface area contributed by atoms with E-state index in [1.54, 1.807) is 13.8 Å². The number of nitrogens with one attached hydrogen (secondary N) is 1. The van der Waals surface area contributed by atoms with Gasteiger partial charge >= 0.3 is 12.4 Å². The average Bonchev–Trinajstić information content (AvgIpc) is 2.85. The molecule has 0 aliphatic rings. The minimum absolute atomic E-state index is 0.165. The molecule has 0 aliphatic carbocycles. The highest BCUT2D eigenvalue weighted by Gasteiger charge is 2.37. The topological polar surface area (TPSA) is 54.7 Å². The summed E-state index contributed by atoms with van der Waals surface area (Å²) in [4.78, 5) is 6.41. The largest absolute Gasteiger partial charge is 0.417 e. The lowest BCUT2D eigenvalue weighted by Crippen LogP contribution is -2.30. The Labute approximate surface area is 127 Å². The quantitative estimate of drug-likeness (QED) is 0.803. The summed E-state index contributed by atoms with van der Waals surface area (Å²) in [5, 5.41) is 0. The second-order valence-corrected chi connectivity index (χ2v) is 5.62. The zero-order valence-corrected chi connectivity index (χ0v) is 12.1. The van der Waals surface area contributed by atoms with Crippen LogP contribution in [0.1, 0.15) is 30.8 Å². The van der Waals surface area contributed by atoms with Gasteiger partial charge in [0.25, 0.3) is 0 Å². The Morgan fingerprint density at radius 2 is 1.61 bits per heavy atom. The minimum atomic E-state index is -4.80. The minimum Gasteiger partial charge on any atom is -0.340 e. The molecule has 2 aromatic rings. The summed E-state index contributed by atoms with van der Waals surface area (Å²) in [6.07, 6.45) is -8.52. The van der Waals surface area contributed by atoms with Gasteiger partial charge in [0.2, 0.25) is 0 Å². The Kier molecular flexibility index (Phi) is 3.96. The maximum absolute atomic E-state index is 13.1.